The molecule has 0 spiro atoms. The zero-order chi connectivity index (χ0) is 10.7. The van der Waals surface area contributed by atoms with E-state index in [0.717, 1.165) is 0 Å². The molecule has 0 fully saturated rings. The Morgan fingerprint density at radius 2 is 2.21 bits per heavy atom. The van der Waals surface area contributed by atoms with Crippen molar-refractivity contribution in [2.75, 3.05) is 12.5 Å². The highest BCUT2D eigenvalue weighted by Crippen LogP contribution is 1.94. The first-order valence-corrected chi connectivity index (χ1v) is 4.32. The highest BCUT2D eigenvalue weighted by atomic mass is 35.5. The van der Waals surface area contributed by atoms with E-state index in [-0.39, 0.29) is 18.2 Å². The number of halogens is 2. The molecule has 7 heteroatoms. The first-order valence-electron chi connectivity index (χ1n) is 3.78. The predicted octanol–water partition coefficient (Wildman–Crippen LogP) is -0.348. The van der Waals surface area contributed by atoms with Crippen LogP contribution in [0.3, 0.4) is 0 Å². The molecule has 1 aromatic heterocycles. The maximum absolute atomic E-state index is 13.0. The fraction of sp³-hybridized carbons (Fsp3) is 0.429. The first-order chi connectivity index (χ1) is 6.57. The average molecular weight is 223 g/mol. The smallest absolute Gasteiger partial charge is 0.361 e. The lowest BCUT2D eigenvalue weighted by molar-refractivity contribution is 0.102. The van der Waals surface area contributed by atoms with Crippen molar-refractivity contribution < 1.29 is 9.23 Å². The van der Waals surface area contributed by atoms with Crippen LogP contribution in [0.25, 0.3) is 0 Å². The van der Waals surface area contributed by atoms with Crippen LogP contribution in [-0.2, 0) is 0 Å². The topological polar surface area (TPSA) is 64.1 Å². The molecular formula is C7H8ClFN2O3. The van der Waals surface area contributed by atoms with Crippen LogP contribution < -0.4 is 16.1 Å². The molecule has 1 N–H and O–H groups in total. The third kappa shape index (κ3) is 1.95. The molecule has 5 nitrogen and oxygen atoms in total. The number of alkyl halides is 1. The molecule has 1 aromatic rings. The van der Waals surface area contributed by atoms with Crippen LogP contribution in [0.2, 0.25) is 0 Å². The highest BCUT2D eigenvalue weighted by Gasteiger charge is 2.10. The van der Waals surface area contributed by atoms with Crippen molar-refractivity contribution >= 4 is 11.6 Å². The van der Waals surface area contributed by atoms with E-state index in [9.17, 15) is 14.0 Å². The summed E-state index contributed by atoms with van der Waals surface area (Å²) < 4.78 is 13.6. The maximum Gasteiger partial charge on any atom is 0.361 e. The zero-order valence-corrected chi connectivity index (χ0v) is 8.10. The molecule has 0 aliphatic carbocycles. The summed E-state index contributed by atoms with van der Waals surface area (Å²) in [7, 11) is 0. The molecule has 0 radical (unpaired) electrons. The third-order valence-corrected chi connectivity index (χ3v) is 1.68. The van der Waals surface area contributed by atoms with Crippen molar-refractivity contribution in [3.63, 3.8) is 0 Å². The minimum Gasteiger partial charge on any atom is -0.408 e. The molecule has 0 unspecified atom stereocenters. The first kappa shape index (κ1) is 10.8. The van der Waals surface area contributed by atoms with Crippen molar-refractivity contribution in [1.82, 2.24) is 9.71 Å². The van der Waals surface area contributed by atoms with Crippen molar-refractivity contribution in [3.05, 3.63) is 32.3 Å². The van der Waals surface area contributed by atoms with E-state index in [0.29, 0.717) is 4.73 Å². The SMILES string of the molecule is Cc1c(F)c(=O)[nH]c(=O)n1OCCCl. The third-order valence-electron chi connectivity index (χ3n) is 1.52. The van der Waals surface area contributed by atoms with Gasteiger partial charge >= 0.3 is 5.69 Å². The van der Waals surface area contributed by atoms with Gasteiger partial charge in [0.05, 0.1) is 5.88 Å². The second kappa shape index (κ2) is 4.28. The van der Waals surface area contributed by atoms with Gasteiger partial charge in [-0.05, 0) is 6.92 Å². The van der Waals surface area contributed by atoms with Crippen molar-refractivity contribution in [3.8, 4) is 0 Å². The number of nitrogens with zero attached hydrogens (tertiary/aromatic N) is 1. The van der Waals surface area contributed by atoms with E-state index < -0.39 is 17.1 Å². The van der Waals surface area contributed by atoms with Gasteiger partial charge in [-0.1, -0.05) is 0 Å². The Bertz CT molecular complexity index is 440. The summed E-state index contributed by atoms with van der Waals surface area (Å²) in [5.41, 5.74) is -2.05. The summed E-state index contributed by atoms with van der Waals surface area (Å²) in [5, 5.41) is 0. The molecule has 0 saturated carbocycles. The minimum absolute atomic E-state index is 0.0494. The van der Waals surface area contributed by atoms with E-state index in [4.69, 9.17) is 16.4 Å². The number of hydrogen-bond donors (Lipinski definition) is 1. The van der Waals surface area contributed by atoms with Gasteiger partial charge in [0, 0.05) is 0 Å². The van der Waals surface area contributed by atoms with E-state index in [1.54, 1.807) is 4.98 Å². The van der Waals surface area contributed by atoms with Gasteiger partial charge in [0.1, 0.15) is 12.3 Å². The van der Waals surface area contributed by atoms with Gasteiger partial charge in [-0.3, -0.25) is 9.78 Å². The number of hydrogen-bond acceptors (Lipinski definition) is 3. The second-order valence-electron chi connectivity index (χ2n) is 2.48. The molecular weight excluding hydrogens is 215 g/mol. The summed E-state index contributed by atoms with van der Waals surface area (Å²) in [6, 6.07) is 0. The van der Waals surface area contributed by atoms with Crippen LogP contribution in [0.1, 0.15) is 5.69 Å². The number of H-pyrrole nitrogens is 1. The standard InChI is InChI=1S/C7H8ClFN2O3/c1-4-5(9)6(12)10-7(13)11(4)14-3-2-8/h2-3H2,1H3,(H,10,12,13). The molecule has 0 saturated heterocycles. The molecule has 78 valence electrons. The van der Waals surface area contributed by atoms with Crippen molar-refractivity contribution in [1.29, 1.82) is 0 Å². The molecule has 0 atom stereocenters. The number of aromatic amines is 1. The van der Waals surface area contributed by atoms with Crippen LogP contribution in [0.4, 0.5) is 4.39 Å². The minimum atomic E-state index is -1.06. The molecule has 0 aliphatic rings. The van der Waals surface area contributed by atoms with Crippen LogP contribution in [0.15, 0.2) is 9.59 Å². The van der Waals surface area contributed by atoms with E-state index in [2.05, 4.69) is 0 Å². The summed E-state index contributed by atoms with van der Waals surface area (Å²) in [6.07, 6.45) is 0. The lowest BCUT2D eigenvalue weighted by Gasteiger charge is -2.08. The van der Waals surface area contributed by atoms with Crippen LogP contribution >= 0.6 is 11.6 Å². The van der Waals surface area contributed by atoms with Crippen LogP contribution in [0, 0.1) is 12.7 Å². The number of nitrogens with one attached hydrogen (secondary N) is 1. The molecule has 0 bridgehead atoms. The van der Waals surface area contributed by atoms with Gasteiger partial charge in [0.15, 0.2) is 0 Å². The molecule has 1 rings (SSSR count). The normalized spacial score (nSPS) is 10.2. The summed E-state index contributed by atoms with van der Waals surface area (Å²) in [5.74, 6) is -0.883. The van der Waals surface area contributed by atoms with Crippen molar-refractivity contribution in [2.45, 2.75) is 6.92 Å². The quantitative estimate of drug-likeness (QED) is 0.711. The Balaban J connectivity index is 3.23. The summed E-state index contributed by atoms with van der Waals surface area (Å²) in [4.78, 5) is 28.4. The lowest BCUT2D eigenvalue weighted by Crippen LogP contribution is -2.38. The molecule has 14 heavy (non-hydrogen) atoms. The van der Waals surface area contributed by atoms with Gasteiger partial charge < -0.3 is 4.84 Å². The Kier molecular flexibility index (Phi) is 3.29. The fourth-order valence-electron chi connectivity index (χ4n) is 0.890. The second-order valence-corrected chi connectivity index (χ2v) is 2.85. The van der Waals surface area contributed by atoms with E-state index >= 15 is 0 Å². The number of aromatic nitrogens is 2. The number of rotatable bonds is 3. The monoisotopic (exact) mass is 222 g/mol. The summed E-state index contributed by atoms with van der Waals surface area (Å²) >= 11 is 5.32. The van der Waals surface area contributed by atoms with Gasteiger partial charge in [-0.15, -0.1) is 16.3 Å². The van der Waals surface area contributed by atoms with Gasteiger partial charge in [0.25, 0.3) is 5.56 Å². The Morgan fingerprint density at radius 1 is 1.57 bits per heavy atom. The Labute approximate surface area is 83.0 Å². The van der Waals surface area contributed by atoms with Gasteiger partial charge in [-0.25, -0.2) is 4.79 Å². The average Bonchev–Trinajstić information content (AvgIpc) is 2.14. The van der Waals surface area contributed by atoms with E-state index in [1.165, 1.54) is 6.92 Å². The van der Waals surface area contributed by atoms with Crippen molar-refractivity contribution in [2.24, 2.45) is 0 Å². The van der Waals surface area contributed by atoms with Crippen LogP contribution in [0.5, 0.6) is 0 Å². The maximum atomic E-state index is 13.0. The van der Waals surface area contributed by atoms with E-state index in [1.807, 2.05) is 0 Å². The highest BCUT2D eigenvalue weighted by molar-refractivity contribution is 6.17. The molecule has 0 aliphatic heterocycles. The Morgan fingerprint density at radius 3 is 2.79 bits per heavy atom. The molecule has 0 aromatic carbocycles. The largest absolute Gasteiger partial charge is 0.408 e. The molecule has 1 heterocycles. The van der Waals surface area contributed by atoms with Crippen LogP contribution in [-0.4, -0.2) is 22.2 Å². The summed E-state index contributed by atoms with van der Waals surface area (Å²) in [6.45, 7) is 1.31. The van der Waals surface area contributed by atoms with Gasteiger partial charge in [-0.2, -0.15) is 4.39 Å². The Hall–Kier alpha value is -1.30. The molecule has 0 amide bonds. The fourth-order valence-corrected chi connectivity index (χ4v) is 0.959. The van der Waals surface area contributed by atoms with Gasteiger partial charge in [0.2, 0.25) is 5.82 Å². The lowest BCUT2D eigenvalue weighted by atomic mass is 10.4. The predicted molar refractivity (Wildman–Crippen MR) is 48.2 cm³/mol. The zero-order valence-electron chi connectivity index (χ0n) is 7.34.